The molecule has 1 N–H and O–H groups in total. The quantitative estimate of drug-likeness (QED) is 0.928. The standard InChI is InChI=1S/C19H28N2O/c1-19(2,3)22-16-6-4-13(5-7-16)11-21-12-14-8-15-9-18(21)17(14)10-20-15/h4-7,14-15,17-18,20H,8-12H2,1-3H3. The topological polar surface area (TPSA) is 24.5 Å². The van der Waals surface area contributed by atoms with Crippen molar-refractivity contribution in [3.05, 3.63) is 29.8 Å². The van der Waals surface area contributed by atoms with Crippen molar-refractivity contribution >= 4 is 0 Å². The van der Waals surface area contributed by atoms with Crippen molar-refractivity contribution < 1.29 is 4.74 Å². The van der Waals surface area contributed by atoms with Gasteiger partial charge in [0.1, 0.15) is 11.4 Å². The Morgan fingerprint density at radius 3 is 2.59 bits per heavy atom. The van der Waals surface area contributed by atoms with E-state index in [9.17, 15) is 0 Å². The largest absolute Gasteiger partial charge is 0.488 e. The van der Waals surface area contributed by atoms with Gasteiger partial charge >= 0.3 is 0 Å². The summed E-state index contributed by atoms with van der Waals surface area (Å²) in [6.45, 7) is 9.92. The number of benzene rings is 1. The molecular formula is C19H28N2O. The van der Waals surface area contributed by atoms with Crippen molar-refractivity contribution in [3.8, 4) is 5.75 Å². The number of ether oxygens (including phenoxy) is 1. The normalized spacial score (nSPS) is 34.1. The zero-order chi connectivity index (χ0) is 15.3. The molecule has 0 amide bonds. The second-order valence-corrected chi connectivity index (χ2v) is 8.36. The minimum atomic E-state index is -0.125. The molecule has 1 saturated carbocycles. The lowest BCUT2D eigenvalue weighted by molar-refractivity contribution is 0.119. The molecule has 1 aliphatic carbocycles. The van der Waals surface area contributed by atoms with Gasteiger partial charge in [-0.25, -0.2) is 0 Å². The lowest BCUT2D eigenvalue weighted by Crippen LogP contribution is -2.54. The van der Waals surface area contributed by atoms with Gasteiger partial charge in [-0.15, -0.1) is 0 Å². The average molecular weight is 300 g/mol. The Kier molecular flexibility index (Phi) is 3.46. The molecule has 22 heavy (non-hydrogen) atoms. The molecule has 4 fully saturated rings. The number of nitrogens with zero attached hydrogens (tertiary/aromatic N) is 1. The maximum atomic E-state index is 5.91. The molecule has 5 rings (SSSR count). The number of likely N-dealkylation sites (tertiary alicyclic amines) is 1. The predicted octanol–water partition coefficient (Wildman–Crippen LogP) is 3.05. The third-order valence-corrected chi connectivity index (χ3v) is 5.53. The molecule has 4 atom stereocenters. The van der Waals surface area contributed by atoms with Crippen LogP contribution in [0.15, 0.2) is 24.3 Å². The van der Waals surface area contributed by atoms with E-state index < -0.39 is 0 Å². The maximum absolute atomic E-state index is 5.91. The van der Waals surface area contributed by atoms with Crippen LogP contribution in [-0.4, -0.2) is 35.7 Å². The van der Waals surface area contributed by atoms with E-state index in [0.29, 0.717) is 0 Å². The van der Waals surface area contributed by atoms with E-state index in [0.717, 1.165) is 36.2 Å². The summed E-state index contributed by atoms with van der Waals surface area (Å²) in [5, 5.41) is 3.69. The van der Waals surface area contributed by atoms with Crippen molar-refractivity contribution in [2.24, 2.45) is 11.8 Å². The summed E-state index contributed by atoms with van der Waals surface area (Å²) >= 11 is 0. The first-order valence-corrected chi connectivity index (χ1v) is 8.73. The molecule has 3 aliphatic heterocycles. The summed E-state index contributed by atoms with van der Waals surface area (Å²) in [5.74, 6) is 2.81. The van der Waals surface area contributed by atoms with Gasteiger partial charge in [0.05, 0.1) is 0 Å². The van der Waals surface area contributed by atoms with E-state index in [1.807, 2.05) is 0 Å². The summed E-state index contributed by atoms with van der Waals surface area (Å²) < 4.78 is 5.91. The van der Waals surface area contributed by atoms with Gasteiger partial charge in [-0.3, -0.25) is 4.90 Å². The molecule has 4 bridgehead atoms. The van der Waals surface area contributed by atoms with E-state index in [4.69, 9.17) is 4.74 Å². The average Bonchev–Trinajstić information content (AvgIpc) is 2.71. The monoisotopic (exact) mass is 300 g/mol. The van der Waals surface area contributed by atoms with Crippen LogP contribution < -0.4 is 10.1 Å². The fraction of sp³-hybridized carbons (Fsp3) is 0.684. The van der Waals surface area contributed by atoms with Gasteiger partial charge in [0, 0.05) is 31.7 Å². The number of rotatable bonds is 3. The lowest BCUT2D eigenvalue weighted by Gasteiger charge is -2.43. The Labute approximate surface area is 134 Å². The first kappa shape index (κ1) is 14.5. The molecule has 0 aromatic heterocycles. The fourth-order valence-electron chi connectivity index (χ4n) is 4.69. The highest BCUT2D eigenvalue weighted by atomic mass is 16.5. The summed E-state index contributed by atoms with van der Waals surface area (Å²) in [5.41, 5.74) is 1.29. The van der Waals surface area contributed by atoms with Crippen molar-refractivity contribution in [1.29, 1.82) is 0 Å². The van der Waals surface area contributed by atoms with E-state index >= 15 is 0 Å². The summed E-state index contributed by atoms with van der Waals surface area (Å²) in [6.07, 6.45) is 2.75. The summed E-state index contributed by atoms with van der Waals surface area (Å²) in [7, 11) is 0. The third kappa shape index (κ3) is 2.77. The lowest BCUT2D eigenvalue weighted by atomic mass is 9.73. The van der Waals surface area contributed by atoms with Crippen LogP contribution in [-0.2, 0) is 6.54 Å². The van der Waals surface area contributed by atoms with Gasteiger partial charge in [-0.05, 0) is 63.1 Å². The number of hydrogen-bond acceptors (Lipinski definition) is 3. The molecule has 1 aromatic carbocycles. The van der Waals surface area contributed by atoms with Crippen LogP contribution in [0.3, 0.4) is 0 Å². The van der Waals surface area contributed by atoms with Crippen molar-refractivity contribution in [2.45, 2.75) is 57.8 Å². The van der Waals surface area contributed by atoms with Crippen molar-refractivity contribution in [3.63, 3.8) is 0 Å². The minimum absolute atomic E-state index is 0.125. The van der Waals surface area contributed by atoms with E-state index in [-0.39, 0.29) is 5.60 Å². The van der Waals surface area contributed by atoms with Crippen LogP contribution in [0, 0.1) is 11.8 Å². The second-order valence-electron chi connectivity index (χ2n) is 8.36. The SMILES string of the molecule is CC(C)(C)Oc1ccc(CN2CC3CC4CC2C3CN4)cc1. The van der Waals surface area contributed by atoms with Crippen LogP contribution in [0.1, 0.15) is 39.2 Å². The highest BCUT2D eigenvalue weighted by Gasteiger charge is 2.49. The van der Waals surface area contributed by atoms with E-state index in [1.165, 1.54) is 31.5 Å². The smallest absolute Gasteiger partial charge is 0.120 e. The first-order chi connectivity index (χ1) is 10.5. The van der Waals surface area contributed by atoms with Gasteiger partial charge in [-0.1, -0.05) is 12.1 Å². The highest BCUT2D eigenvalue weighted by Crippen LogP contribution is 2.44. The Balaban J connectivity index is 1.42. The zero-order valence-corrected chi connectivity index (χ0v) is 14.0. The van der Waals surface area contributed by atoms with E-state index in [1.54, 1.807) is 0 Å². The minimum Gasteiger partial charge on any atom is -0.488 e. The third-order valence-electron chi connectivity index (χ3n) is 5.53. The molecular weight excluding hydrogens is 272 g/mol. The highest BCUT2D eigenvalue weighted by molar-refractivity contribution is 5.28. The van der Waals surface area contributed by atoms with Crippen LogP contribution in [0.2, 0.25) is 0 Å². The molecule has 3 nitrogen and oxygen atoms in total. The molecule has 120 valence electrons. The predicted molar refractivity (Wildman–Crippen MR) is 89.0 cm³/mol. The molecule has 4 aliphatic rings. The second kappa shape index (κ2) is 5.24. The van der Waals surface area contributed by atoms with Gasteiger partial charge in [-0.2, -0.15) is 0 Å². The fourth-order valence-corrected chi connectivity index (χ4v) is 4.69. The molecule has 0 spiro atoms. The summed E-state index contributed by atoms with van der Waals surface area (Å²) in [6, 6.07) is 10.3. The number of hydrogen-bond donors (Lipinski definition) is 1. The molecule has 3 heterocycles. The van der Waals surface area contributed by atoms with Gasteiger partial charge in [0.2, 0.25) is 0 Å². The van der Waals surface area contributed by atoms with Crippen molar-refractivity contribution in [2.75, 3.05) is 13.1 Å². The van der Waals surface area contributed by atoms with Crippen LogP contribution in [0.25, 0.3) is 0 Å². The molecule has 0 radical (unpaired) electrons. The van der Waals surface area contributed by atoms with Crippen LogP contribution in [0.5, 0.6) is 5.75 Å². The Bertz CT molecular complexity index is 533. The van der Waals surface area contributed by atoms with Crippen LogP contribution >= 0.6 is 0 Å². The van der Waals surface area contributed by atoms with E-state index in [2.05, 4.69) is 55.3 Å². The van der Waals surface area contributed by atoms with Gasteiger partial charge in [0.25, 0.3) is 0 Å². The van der Waals surface area contributed by atoms with Crippen molar-refractivity contribution in [1.82, 2.24) is 10.2 Å². The molecule has 3 heteroatoms. The number of fused-ring (bicyclic) bond motifs is 1. The molecule has 3 saturated heterocycles. The Morgan fingerprint density at radius 1 is 1.18 bits per heavy atom. The summed E-state index contributed by atoms with van der Waals surface area (Å²) in [4.78, 5) is 2.73. The molecule has 1 aromatic rings. The Hall–Kier alpha value is -1.06. The maximum Gasteiger partial charge on any atom is 0.120 e. The molecule has 4 unspecified atom stereocenters. The van der Waals surface area contributed by atoms with Gasteiger partial charge < -0.3 is 10.1 Å². The van der Waals surface area contributed by atoms with Crippen LogP contribution in [0.4, 0.5) is 0 Å². The Morgan fingerprint density at radius 2 is 1.95 bits per heavy atom. The zero-order valence-electron chi connectivity index (χ0n) is 14.0. The van der Waals surface area contributed by atoms with Gasteiger partial charge in [0.15, 0.2) is 0 Å². The first-order valence-electron chi connectivity index (χ1n) is 8.73. The number of piperidine rings is 2. The number of nitrogens with one attached hydrogen (secondary N) is 1.